The highest BCUT2D eigenvalue weighted by atomic mass is 19.1. The monoisotopic (exact) mass is 391 g/mol. The van der Waals surface area contributed by atoms with Crippen LogP contribution in [0.1, 0.15) is 16.1 Å². The molecule has 1 aliphatic heterocycles. The summed E-state index contributed by atoms with van der Waals surface area (Å²) in [6.07, 6.45) is 1.26. The summed E-state index contributed by atoms with van der Waals surface area (Å²) in [6.45, 7) is 0. The highest BCUT2D eigenvalue weighted by molar-refractivity contribution is 6.31. The van der Waals surface area contributed by atoms with Gasteiger partial charge < -0.3 is 14.3 Å². The van der Waals surface area contributed by atoms with Crippen molar-refractivity contribution >= 4 is 29.5 Å². The number of hydrogen-bond acceptors (Lipinski definition) is 5. The predicted octanol–water partition coefficient (Wildman–Crippen LogP) is 1.91. The van der Waals surface area contributed by atoms with E-state index in [1.54, 1.807) is 18.2 Å². The van der Waals surface area contributed by atoms with Gasteiger partial charge in [-0.25, -0.2) is 9.40 Å². The van der Waals surface area contributed by atoms with E-state index in [4.69, 9.17) is 4.42 Å². The Morgan fingerprint density at radius 2 is 1.76 bits per heavy atom. The number of benzene rings is 2. The molecule has 0 atom stereocenters. The van der Waals surface area contributed by atoms with Crippen LogP contribution in [0.3, 0.4) is 0 Å². The number of aromatic carboxylic acids is 1. The van der Waals surface area contributed by atoms with E-state index in [0.717, 1.165) is 5.01 Å². The second-order valence-electron chi connectivity index (χ2n) is 6.15. The first-order chi connectivity index (χ1) is 13.9. The Labute approximate surface area is 163 Å². The number of anilines is 1. The highest BCUT2D eigenvalue weighted by Gasteiger charge is 2.34. The summed E-state index contributed by atoms with van der Waals surface area (Å²) < 4.78 is 18.7. The molecule has 8 heteroatoms. The lowest BCUT2D eigenvalue weighted by atomic mass is 10.1. The van der Waals surface area contributed by atoms with E-state index in [0.29, 0.717) is 11.3 Å². The van der Waals surface area contributed by atoms with Gasteiger partial charge in [-0.1, -0.05) is 24.3 Å². The lowest BCUT2D eigenvalue weighted by Crippen LogP contribution is -2.35. The topological polar surface area (TPSA) is 103 Å². The largest absolute Gasteiger partial charge is 0.545 e. The second kappa shape index (κ2) is 7.08. The molecule has 4 rings (SSSR count). The molecule has 1 aliphatic rings. The van der Waals surface area contributed by atoms with Crippen molar-refractivity contribution in [3.05, 3.63) is 83.4 Å². The van der Waals surface area contributed by atoms with Gasteiger partial charge in [0.1, 0.15) is 22.9 Å². The van der Waals surface area contributed by atoms with Crippen molar-refractivity contribution in [3.63, 3.8) is 0 Å². The van der Waals surface area contributed by atoms with Crippen LogP contribution in [0.4, 0.5) is 10.1 Å². The van der Waals surface area contributed by atoms with Gasteiger partial charge in [0.05, 0.1) is 11.7 Å². The lowest BCUT2D eigenvalue weighted by Gasteiger charge is -2.14. The van der Waals surface area contributed by atoms with E-state index in [-0.39, 0.29) is 22.7 Å². The molecule has 1 fully saturated rings. The van der Waals surface area contributed by atoms with Crippen LogP contribution in [0.15, 0.2) is 70.7 Å². The minimum absolute atomic E-state index is 0.0433. The number of hydrazine groups is 1. The summed E-state index contributed by atoms with van der Waals surface area (Å²) >= 11 is 0. The summed E-state index contributed by atoms with van der Waals surface area (Å²) in [6, 6.07) is 14.3. The molecule has 29 heavy (non-hydrogen) atoms. The number of carbonyl (C=O) groups is 3. The van der Waals surface area contributed by atoms with Crippen molar-refractivity contribution in [2.24, 2.45) is 0 Å². The molecule has 144 valence electrons. The van der Waals surface area contributed by atoms with Crippen LogP contribution < -0.4 is 15.5 Å². The van der Waals surface area contributed by atoms with Gasteiger partial charge in [-0.05, 0) is 42.5 Å². The van der Waals surface area contributed by atoms with Crippen molar-refractivity contribution in [1.82, 2.24) is 5.43 Å². The van der Waals surface area contributed by atoms with Crippen molar-refractivity contribution < 1.29 is 28.3 Å². The molecule has 0 radical (unpaired) electrons. The predicted molar refractivity (Wildman–Crippen MR) is 98.5 cm³/mol. The maximum absolute atomic E-state index is 13.1. The molecule has 1 N–H and O–H groups in total. The fourth-order valence-corrected chi connectivity index (χ4v) is 2.92. The minimum atomic E-state index is -1.35. The Morgan fingerprint density at radius 1 is 1.03 bits per heavy atom. The highest BCUT2D eigenvalue weighted by Crippen LogP contribution is 2.28. The van der Waals surface area contributed by atoms with Crippen LogP contribution in [0.5, 0.6) is 0 Å². The quantitative estimate of drug-likeness (QED) is 0.541. The average molecular weight is 391 g/mol. The Bertz CT molecular complexity index is 1160. The van der Waals surface area contributed by atoms with Crippen molar-refractivity contribution in [3.8, 4) is 11.3 Å². The van der Waals surface area contributed by atoms with Crippen LogP contribution in [0.25, 0.3) is 17.4 Å². The van der Waals surface area contributed by atoms with E-state index < -0.39 is 23.6 Å². The fraction of sp³-hybridized carbons (Fsp3) is 0. The number of nitrogens with one attached hydrogen (secondary N) is 1. The molecule has 0 saturated carbocycles. The van der Waals surface area contributed by atoms with Gasteiger partial charge in [-0.2, -0.15) is 0 Å². The molecular weight excluding hydrogens is 379 g/mol. The van der Waals surface area contributed by atoms with E-state index in [2.05, 4.69) is 5.43 Å². The zero-order valence-electron chi connectivity index (χ0n) is 14.7. The van der Waals surface area contributed by atoms with E-state index in [1.807, 2.05) is 0 Å². The van der Waals surface area contributed by atoms with Crippen LogP contribution in [-0.4, -0.2) is 17.8 Å². The molecule has 0 aliphatic carbocycles. The average Bonchev–Trinajstić information content (AvgIpc) is 3.29. The number of rotatable bonds is 4. The zero-order valence-corrected chi connectivity index (χ0v) is 14.7. The summed E-state index contributed by atoms with van der Waals surface area (Å²) in [5.41, 5.74) is 2.79. The third-order valence-corrected chi connectivity index (χ3v) is 4.30. The van der Waals surface area contributed by atoms with Gasteiger partial charge in [0.2, 0.25) is 0 Å². The third-order valence-electron chi connectivity index (χ3n) is 4.30. The summed E-state index contributed by atoms with van der Waals surface area (Å²) in [7, 11) is 0. The summed E-state index contributed by atoms with van der Waals surface area (Å²) in [5, 5.41) is 12.3. The lowest BCUT2D eigenvalue weighted by molar-refractivity contribution is -0.255. The zero-order chi connectivity index (χ0) is 20.5. The Hall–Kier alpha value is -4.20. The third kappa shape index (κ3) is 3.39. The van der Waals surface area contributed by atoms with Crippen molar-refractivity contribution in [1.29, 1.82) is 0 Å². The van der Waals surface area contributed by atoms with E-state index in [1.165, 1.54) is 48.5 Å². The van der Waals surface area contributed by atoms with Gasteiger partial charge in [0.25, 0.3) is 11.8 Å². The van der Waals surface area contributed by atoms with Gasteiger partial charge in [-0.3, -0.25) is 15.0 Å². The normalized spacial score (nSPS) is 15.1. The number of halogens is 1. The summed E-state index contributed by atoms with van der Waals surface area (Å²) in [5.74, 6) is -2.66. The first-order valence-electron chi connectivity index (χ1n) is 8.47. The Kier molecular flexibility index (Phi) is 4.44. The molecule has 7 nitrogen and oxygen atoms in total. The molecule has 2 heterocycles. The van der Waals surface area contributed by atoms with Crippen molar-refractivity contribution in [2.75, 3.05) is 5.01 Å². The second-order valence-corrected chi connectivity index (χ2v) is 6.15. The first kappa shape index (κ1) is 18.2. The van der Waals surface area contributed by atoms with Gasteiger partial charge >= 0.3 is 0 Å². The number of carboxylic acids is 1. The molecule has 2 aromatic carbocycles. The Morgan fingerprint density at radius 3 is 2.48 bits per heavy atom. The SMILES string of the molecule is O=C1NN(c2ccc(F)cc2)C(=O)/C1=C/c1ccc(-c2ccccc2C(=O)[O-])o1. The number of amides is 2. The molecule has 2 amide bonds. The van der Waals surface area contributed by atoms with E-state index >= 15 is 0 Å². The number of hydrogen-bond donors (Lipinski definition) is 1. The van der Waals surface area contributed by atoms with Crippen LogP contribution in [0.2, 0.25) is 0 Å². The first-order valence-corrected chi connectivity index (χ1v) is 8.47. The number of carbonyl (C=O) groups excluding carboxylic acids is 3. The van der Waals surface area contributed by atoms with Crippen LogP contribution in [0, 0.1) is 5.82 Å². The standard InChI is InChI=1S/C21H13FN2O5/c22-12-5-7-13(8-6-12)24-20(26)17(19(25)23-24)11-14-9-10-18(29-14)15-3-1-2-4-16(15)21(27)28/h1-11H,(H,23,25)(H,27,28)/p-1/b17-11+. The smallest absolute Gasteiger partial charge is 0.282 e. The number of carboxylic acid groups (broad SMARTS) is 1. The molecule has 0 bridgehead atoms. The molecule has 0 spiro atoms. The molecule has 0 unspecified atom stereocenters. The number of furan rings is 1. The summed E-state index contributed by atoms with van der Waals surface area (Å²) in [4.78, 5) is 36.1. The molecule has 3 aromatic rings. The molecule has 1 aromatic heterocycles. The van der Waals surface area contributed by atoms with Gasteiger partial charge in [-0.15, -0.1) is 0 Å². The van der Waals surface area contributed by atoms with Crippen LogP contribution in [-0.2, 0) is 9.59 Å². The minimum Gasteiger partial charge on any atom is -0.545 e. The van der Waals surface area contributed by atoms with Crippen molar-refractivity contribution in [2.45, 2.75) is 0 Å². The maximum atomic E-state index is 13.1. The fourth-order valence-electron chi connectivity index (χ4n) is 2.92. The maximum Gasteiger partial charge on any atom is 0.282 e. The van der Waals surface area contributed by atoms with Gasteiger partial charge in [0, 0.05) is 11.1 Å². The number of nitrogens with zero attached hydrogens (tertiary/aromatic N) is 1. The van der Waals surface area contributed by atoms with Gasteiger partial charge in [0.15, 0.2) is 0 Å². The van der Waals surface area contributed by atoms with E-state index in [9.17, 15) is 23.9 Å². The Balaban J connectivity index is 1.64. The van der Waals surface area contributed by atoms with Crippen LogP contribution >= 0.6 is 0 Å². The molecular formula is C21H12FN2O5-. The molecule has 1 saturated heterocycles.